The van der Waals surface area contributed by atoms with Gasteiger partial charge in [-0.1, -0.05) is 36.4 Å². The Morgan fingerprint density at radius 1 is 1.00 bits per heavy atom. The zero-order chi connectivity index (χ0) is 25.1. The number of thiophene rings is 1. The van der Waals surface area contributed by atoms with Gasteiger partial charge in [-0.3, -0.25) is 14.7 Å². The van der Waals surface area contributed by atoms with Gasteiger partial charge in [-0.25, -0.2) is 4.98 Å². The van der Waals surface area contributed by atoms with Crippen molar-refractivity contribution in [1.82, 2.24) is 20.5 Å². The van der Waals surface area contributed by atoms with Crippen LogP contribution in [0.3, 0.4) is 0 Å². The second kappa shape index (κ2) is 10.0. The fourth-order valence-corrected chi connectivity index (χ4v) is 4.77. The van der Waals surface area contributed by atoms with Crippen molar-refractivity contribution in [3.63, 3.8) is 0 Å². The van der Waals surface area contributed by atoms with E-state index in [-0.39, 0.29) is 17.9 Å². The molecule has 2 amide bonds. The fourth-order valence-electron chi connectivity index (χ4n) is 3.83. The third kappa shape index (κ3) is 4.82. The van der Waals surface area contributed by atoms with E-state index < -0.39 is 0 Å². The molecule has 0 bridgehead atoms. The van der Waals surface area contributed by atoms with Crippen molar-refractivity contribution in [3.8, 4) is 0 Å². The maximum atomic E-state index is 13.3. The first kappa shape index (κ1) is 23.3. The lowest BCUT2D eigenvalue weighted by atomic mass is 10.1. The van der Waals surface area contributed by atoms with Gasteiger partial charge >= 0.3 is 0 Å². The molecule has 36 heavy (non-hydrogen) atoms. The van der Waals surface area contributed by atoms with Crippen LogP contribution in [0.15, 0.2) is 78.6 Å². The average Bonchev–Trinajstić information content (AvgIpc) is 3.57. The van der Waals surface area contributed by atoms with Crippen molar-refractivity contribution in [2.24, 2.45) is 0 Å². The summed E-state index contributed by atoms with van der Waals surface area (Å²) in [5, 5.41) is 18.6. The first-order valence-corrected chi connectivity index (χ1v) is 12.3. The van der Waals surface area contributed by atoms with Crippen molar-refractivity contribution in [2.45, 2.75) is 19.9 Å². The third-order valence-corrected chi connectivity index (χ3v) is 6.85. The van der Waals surface area contributed by atoms with Gasteiger partial charge in [0.25, 0.3) is 11.8 Å². The van der Waals surface area contributed by atoms with Gasteiger partial charge in [0.1, 0.15) is 0 Å². The summed E-state index contributed by atoms with van der Waals surface area (Å²) in [7, 11) is 0. The summed E-state index contributed by atoms with van der Waals surface area (Å²) in [6.45, 7) is 3.85. The molecule has 0 fully saturated rings. The van der Waals surface area contributed by atoms with Gasteiger partial charge in [0.15, 0.2) is 5.82 Å². The maximum absolute atomic E-state index is 13.3. The molecular formula is C27H24N6O2S. The number of aryl methyl sites for hydroxylation is 1. The van der Waals surface area contributed by atoms with Gasteiger partial charge in [0.2, 0.25) is 0 Å². The molecule has 0 aliphatic heterocycles. The fraction of sp³-hybridized carbons (Fsp3) is 0.111. The lowest BCUT2D eigenvalue weighted by Crippen LogP contribution is -2.27. The van der Waals surface area contributed by atoms with Crippen molar-refractivity contribution >= 4 is 50.4 Å². The number of carbonyl (C=O) groups is 2. The number of H-pyrrole nitrogens is 1. The molecule has 1 unspecified atom stereocenters. The van der Waals surface area contributed by atoms with Crippen molar-refractivity contribution in [3.05, 3.63) is 101 Å². The molecule has 0 saturated carbocycles. The Balaban J connectivity index is 1.46. The number of hydrogen-bond donors (Lipinski definition) is 4. The minimum atomic E-state index is -0.310. The largest absolute Gasteiger partial charge is 0.345 e. The van der Waals surface area contributed by atoms with E-state index in [0.29, 0.717) is 22.6 Å². The second-order valence-electron chi connectivity index (χ2n) is 8.39. The molecule has 5 rings (SSSR count). The molecule has 0 aliphatic rings. The first-order chi connectivity index (χ1) is 17.5. The highest BCUT2D eigenvalue weighted by molar-refractivity contribution is 7.17. The maximum Gasteiger partial charge on any atom is 0.257 e. The second-order valence-corrected chi connectivity index (χ2v) is 9.30. The van der Waals surface area contributed by atoms with Crippen LogP contribution >= 0.6 is 11.3 Å². The van der Waals surface area contributed by atoms with E-state index in [4.69, 9.17) is 0 Å². The van der Waals surface area contributed by atoms with Crippen molar-refractivity contribution in [2.75, 3.05) is 10.6 Å². The number of pyridine rings is 1. The summed E-state index contributed by atoms with van der Waals surface area (Å²) in [4.78, 5) is 30.8. The summed E-state index contributed by atoms with van der Waals surface area (Å²) in [5.74, 6) is -0.141. The Morgan fingerprint density at radius 3 is 2.61 bits per heavy atom. The monoisotopic (exact) mass is 496 g/mol. The van der Waals surface area contributed by atoms with Crippen molar-refractivity contribution < 1.29 is 9.59 Å². The van der Waals surface area contributed by atoms with Crippen LogP contribution in [0.2, 0.25) is 0 Å². The molecule has 0 saturated heterocycles. The Bertz CT molecular complexity index is 1540. The summed E-state index contributed by atoms with van der Waals surface area (Å²) in [6, 6.07) is 16.9. The van der Waals surface area contributed by atoms with E-state index in [1.54, 1.807) is 18.5 Å². The van der Waals surface area contributed by atoms with Gasteiger partial charge in [-0.2, -0.15) is 5.10 Å². The van der Waals surface area contributed by atoms with Gasteiger partial charge < -0.3 is 16.0 Å². The molecule has 180 valence electrons. The predicted octanol–water partition coefficient (Wildman–Crippen LogP) is 5.81. The number of hydrogen-bond acceptors (Lipinski definition) is 6. The highest BCUT2D eigenvalue weighted by Crippen LogP contribution is 2.30. The van der Waals surface area contributed by atoms with Crippen LogP contribution in [0.4, 0.5) is 17.2 Å². The van der Waals surface area contributed by atoms with Crippen LogP contribution < -0.4 is 16.0 Å². The number of nitrogens with zero attached hydrogens (tertiary/aromatic N) is 2. The first-order valence-electron chi connectivity index (χ1n) is 11.4. The van der Waals surface area contributed by atoms with Gasteiger partial charge in [-0.05, 0) is 37.6 Å². The number of para-hydroxylation sites is 1. The summed E-state index contributed by atoms with van der Waals surface area (Å²) >= 11 is 1.51. The number of aromatic amines is 1. The van der Waals surface area contributed by atoms with Crippen LogP contribution in [0.25, 0.3) is 10.1 Å². The van der Waals surface area contributed by atoms with Gasteiger partial charge in [0.05, 0.1) is 29.1 Å². The number of fused-ring (bicyclic) bond motifs is 1. The number of anilines is 3. The minimum absolute atomic E-state index is 0.253. The van der Waals surface area contributed by atoms with Crippen LogP contribution in [0.5, 0.6) is 0 Å². The van der Waals surface area contributed by atoms with E-state index in [9.17, 15) is 9.59 Å². The van der Waals surface area contributed by atoms with E-state index >= 15 is 0 Å². The molecule has 2 aromatic carbocycles. The number of amides is 2. The molecule has 4 N–H and O–H groups in total. The Morgan fingerprint density at radius 2 is 1.81 bits per heavy atom. The molecular weight excluding hydrogens is 472 g/mol. The molecule has 0 radical (unpaired) electrons. The molecule has 3 aromatic heterocycles. The minimum Gasteiger partial charge on any atom is -0.345 e. The molecule has 1 atom stereocenters. The molecule has 8 nitrogen and oxygen atoms in total. The topological polar surface area (TPSA) is 112 Å². The molecule has 5 aromatic rings. The zero-order valence-electron chi connectivity index (χ0n) is 19.7. The molecule has 0 aliphatic carbocycles. The predicted molar refractivity (Wildman–Crippen MR) is 143 cm³/mol. The normalized spacial score (nSPS) is 11.7. The summed E-state index contributed by atoms with van der Waals surface area (Å²) in [6.07, 6.45) is 4.89. The Kier molecular flexibility index (Phi) is 6.46. The standard InChI is InChI=1S/C27H24N6O2S/c1-16-7-3-5-9-22(16)32-25-23(33-27(35)21-15-36-24-10-6-4-8-20(21)24)11-18(12-28-25)26(34)31-17(2)19-13-29-30-14-19/h3-15,17H,1-2H3,(H,28,32)(H,29,30)(H,31,34)(H,33,35). The van der Waals surface area contributed by atoms with E-state index in [0.717, 1.165) is 26.9 Å². The zero-order valence-corrected chi connectivity index (χ0v) is 20.5. The lowest BCUT2D eigenvalue weighted by molar-refractivity contribution is 0.0938. The number of rotatable bonds is 7. The molecule has 0 spiro atoms. The molecule has 3 heterocycles. The summed E-state index contributed by atoms with van der Waals surface area (Å²) in [5.41, 5.74) is 4.03. The van der Waals surface area contributed by atoms with E-state index in [2.05, 4.69) is 31.1 Å². The van der Waals surface area contributed by atoms with Crippen LogP contribution in [-0.2, 0) is 0 Å². The highest BCUT2D eigenvalue weighted by atomic mass is 32.1. The molecule has 9 heteroatoms. The lowest BCUT2D eigenvalue weighted by Gasteiger charge is -2.16. The van der Waals surface area contributed by atoms with Crippen LogP contribution in [0.1, 0.15) is 44.8 Å². The Labute approximate surface area is 211 Å². The number of nitrogens with one attached hydrogen (secondary N) is 4. The quantitative estimate of drug-likeness (QED) is 0.227. The number of aromatic nitrogens is 3. The van der Waals surface area contributed by atoms with Crippen LogP contribution in [0, 0.1) is 6.92 Å². The van der Waals surface area contributed by atoms with Crippen LogP contribution in [-0.4, -0.2) is 27.0 Å². The van der Waals surface area contributed by atoms with Gasteiger partial charge in [0, 0.05) is 39.1 Å². The highest BCUT2D eigenvalue weighted by Gasteiger charge is 2.19. The number of benzene rings is 2. The van der Waals surface area contributed by atoms with E-state index in [1.807, 2.05) is 67.8 Å². The van der Waals surface area contributed by atoms with E-state index in [1.165, 1.54) is 17.5 Å². The Hall–Kier alpha value is -4.50. The summed E-state index contributed by atoms with van der Waals surface area (Å²) < 4.78 is 1.03. The third-order valence-electron chi connectivity index (χ3n) is 5.89. The van der Waals surface area contributed by atoms with Gasteiger partial charge in [-0.15, -0.1) is 11.3 Å². The SMILES string of the molecule is Cc1ccccc1Nc1ncc(C(=O)NC(C)c2cn[nH]c2)cc1NC(=O)c1csc2ccccc12. The number of carbonyl (C=O) groups excluding carboxylic acids is 2. The average molecular weight is 497 g/mol. The van der Waals surface area contributed by atoms with Crippen molar-refractivity contribution in [1.29, 1.82) is 0 Å². The smallest absolute Gasteiger partial charge is 0.257 e.